The van der Waals surface area contributed by atoms with Gasteiger partial charge in [0.25, 0.3) is 0 Å². The first kappa shape index (κ1) is 13.8. The lowest BCUT2D eigenvalue weighted by Gasteiger charge is -2.27. The molecule has 0 bridgehead atoms. The summed E-state index contributed by atoms with van der Waals surface area (Å²) in [5.74, 6) is 0. The lowest BCUT2D eigenvalue weighted by molar-refractivity contribution is 0.605. The molecule has 2 heteroatoms. The van der Waals surface area contributed by atoms with Crippen molar-refractivity contribution in [3.63, 3.8) is 0 Å². The van der Waals surface area contributed by atoms with Crippen LogP contribution in [0, 0.1) is 13.8 Å². The minimum atomic E-state index is -0.563. The molecule has 0 saturated heterocycles. The van der Waals surface area contributed by atoms with Crippen LogP contribution in [0.15, 0.2) is 54.9 Å². The quantitative estimate of drug-likeness (QED) is 0.766. The Hall–Kier alpha value is -2.19. The van der Waals surface area contributed by atoms with Crippen LogP contribution in [-0.4, -0.2) is 4.98 Å². The van der Waals surface area contributed by atoms with Crippen LogP contribution >= 0.6 is 0 Å². The Labute approximate surface area is 125 Å². The molecule has 3 rings (SSSR count). The van der Waals surface area contributed by atoms with Gasteiger partial charge in [0.15, 0.2) is 0 Å². The Kier molecular flexibility index (Phi) is 3.26. The molecule has 2 nitrogen and oxygen atoms in total. The Morgan fingerprint density at radius 1 is 0.952 bits per heavy atom. The van der Waals surface area contributed by atoms with Crippen molar-refractivity contribution in [2.75, 3.05) is 0 Å². The van der Waals surface area contributed by atoms with Crippen molar-refractivity contribution in [1.29, 1.82) is 0 Å². The number of fused-ring (bicyclic) bond motifs is 1. The molecule has 1 aromatic heterocycles. The highest BCUT2D eigenvalue weighted by atomic mass is 14.7. The molecule has 0 amide bonds. The monoisotopic (exact) mass is 276 g/mol. The van der Waals surface area contributed by atoms with Crippen molar-refractivity contribution < 1.29 is 0 Å². The summed E-state index contributed by atoms with van der Waals surface area (Å²) in [5.41, 5.74) is 10.9. The van der Waals surface area contributed by atoms with Crippen molar-refractivity contribution >= 4 is 10.8 Å². The van der Waals surface area contributed by atoms with Crippen molar-refractivity contribution in [2.45, 2.75) is 26.3 Å². The highest BCUT2D eigenvalue weighted by Crippen LogP contribution is 2.32. The first-order valence-electron chi connectivity index (χ1n) is 7.20. The third-order valence-corrected chi connectivity index (χ3v) is 4.33. The van der Waals surface area contributed by atoms with Crippen molar-refractivity contribution in [3.05, 3.63) is 77.1 Å². The Bertz CT molecular complexity index is 798. The van der Waals surface area contributed by atoms with E-state index in [-0.39, 0.29) is 0 Å². The van der Waals surface area contributed by atoms with Gasteiger partial charge in [0.1, 0.15) is 0 Å². The lowest BCUT2D eigenvalue weighted by Crippen LogP contribution is -2.34. The Morgan fingerprint density at radius 2 is 1.71 bits per heavy atom. The molecule has 21 heavy (non-hydrogen) atoms. The van der Waals surface area contributed by atoms with Gasteiger partial charge in [-0.15, -0.1) is 0 Å². The fourth-order valence-corrected chi connectivity index (χ4v) is 2.75. The second kappa shape index (κ2) is 4.97. The number of hydrogen-bond donors (Lipinski definition) is 1. The number of pyridine rings is 1. The minimum Gasteiger partial charge on any atom is -0.318 e. The van der Waals surface area contributed by atoms with Crippen molar-refractivity contribution in [3.8, 4) is 0 Å². The average Bonchev–Trinajstić information content (AvgIpc) is 2.49. The second-order valence-electron chi connectivity index (χ2n) is 5.91. The van der Waals surface area contributed by atoms with Gasteiger partial charge >= 0.3 is 0 Å². The maximum absolute atomic E-state index is 6.70. The van der Waals surface area contributed by atoms with E-state index >= 15 is 0 Å². The first-order chi connectivity index (χ1) is 10.00. The van der Waals surface area contributed by atoms with E-state index in [4.69, 9.17) is 5.73 Å². The molecule has 0 aliphatic rings. The summed E-state index contributed by atoms with van der Waals surface area (Å²) in [4.78, 5) is 4.36. The largest absolute Gasteiger partial charge is 0.318 e. The van der Waals surface area contributed by atoms with E-state index in [1.54, 1.807) is 0 Å². The van der Waals surface area contributed by atoms with Crippen LogP contribution in [0.4, 0.5) is 0 Å². The van der Waals surface area contributed by atoms with Crippen LogP contribution in [0.5, 0.6) is 0 Å². The molecule has 1 unspecified atom stereocenters. The maximum atomic E-state index is 6.70. The average molecular weight is 276 g/mol. The topological polar surface area (TPSA) is 38.9 Å². The van der Waals surface area contributed by atoms with Gasteiger partial charge in [0.2, 0.25) is 0 Å². The van der Waals surface area contributed by atoms with Crippen molar-refractivity contribution in [1.82, 2.24) is 4.98 Å². The van der Waals surface area contributed by atoms with Gasteiger partial charge in [-0.05, 0) is 42.8 Å². The van der Waals surface area contributed by atoms with E-state index in [2.05, 4.69) is 56.1 Å². The van der Waals surface area contributed by atoms with Gasteiger partial charge in [-0.2, -0.15) is 0 Å². The molecule has 3 aromatic rings. The number of rotatable bonds is 2. The summed E-state index contributed by atoms with van der Waals surface area (Å²) in [6.07, 6.45) is 3.77. The van der Waals surface area contributed by atoms with E-state index in [1.165, 1.54) is 11.1 Å². The molecule has 1 atom stereocenters. The van der Waals surface area contributed by atoms with Crippen LogP contribution in [0.3, 0.4) is 0 Å². The minimum absolute atomic E-state index is 0.563. The molecule has 106 valence electrons. The number of aryl methyl sites for hydroxylation is 2. The fraction of sp³-hybridized carbons (Fsp3) is 0.211. The number of nitrogens with zero attached hydrogens (tertiary/aromatic N) is 1. The molecule has 0 spiro atoms. The highest BCUT2D eigenvalue weighted by molar-refractivity contribution is 5.86. The van der Waals surface area contributed by atoms with Crippen LogP contribution in [-0.2, 0) is 5.54 Å². The summed E-state index contributed by atoms with van der Waals surface area (Å²) in [5, 5.41) is 2.28. The molecular weight excluding hydrogens is 256 g/mol. The highest BCUT2D eigenvalue weighted by Gasteiger charge is 2.26. The molecule has 1 heterocycles. The zero-order valence-electron chi connectivity index (χ0n) is 12.7. The third kappa shape index (κ3) is 2.32. The van der Waals surface area contributed by atoms with Crippen LogP contribution in [0.2, 0.25) is 0 Å². The summed E-state index contributed by atoms with van der Waals surface area (Å²) < 4.78 is 0. The molecule has 0 saturated carbocycles. The van der Waals surface area contributed by atoms with Gasteiger partial charge in [-0.25, -0.2) is 0 Å². The van der Waals surface area contributed by atoms with E-state index < -0.39 is 5.54 Å². The third-order valence-electron chi connectivity index (χ3n) is 4.33. The standard InChI is InChI=1S/C19H20N2/c1-13-8-9-16(10-14(13)2)19(3,20)18-12-21-11-15-6-4-5-7-17(15)18/h4-12H,20H2,1-3H3. The van der Waals surface area contributed by atoms with E-state index in [9.17, 15) is 0 Å². The molecule has 0 aliphatic carbocycles. The smallest absolute Gasteiger partial charge is 0.0658 e. The van der Waals surface area contributed by atoms with Gasteiger partial charge in [0.05, 0.1) is 5.54 Å². The molecule has 0 fully saturated rings. The summed E-state index contributed by atoms with van der Waals surface area (Å²) in [7, 11) is 0. The SMILES string of the molecule is Cc1ccc(C(C)(N)c2cncc3ccccc23)cc1C. The summed E-state index contributed by atoms with van der Waals surface area (Å²) in [6, 6.07) is 14.7. The Balaban J connectivity index is 2.22. The van der Waals surface area contributed by atoms with E-state index in [0.717, 1.165) is 21.9 Å². The predicted octanol–water partition coefficient (Wildman–Crippen LogP) is 4.07. The van der Waals surface area contributed by atoms with Gasteiger partial charge in [0, 0.05) is 23.3 Å². The summed E-state index contributed by atoms with van der Waals surface area (Å²) >= 11 is 0. The molecule has 2 aromatic carbocycles. The normalized spacial score (nSPS) is 14.1. The molecule has 2 N–H and O–H groups in total. The van der Waals surface area contributed by atoms with Gasteiger partial charge in [-0.3, -0.25) is 4.98 Å². The predicted molar refractivity (Wildman–Crippen MR) is 88.3 cm³/mol. The number of aromatic nitrogens is 1. The maximum Gasteiger partial charge on any atom is 0.0658 e. The van der Waals surface area contributed by atoms with Gasteiger partial charge < -0.3 is 5.73 Å². The van der Waals surface area contributed by atoms with E-state index in [0.29, 0.717) is 0 Å². The first-order valence-corrected chi connectivity index (χ1v) is 7.20. The molecule has 0 radical (unpaired) electrons. The van der Waals surface area contributed by atoms with E-state index in [1.807, 2.05) is 24.5 Å². The van der Waals surface area contributed by atoms with Crippen LogP contribution in [0.1, 0.15) is 29.2 Å². The van der Waals surface area contributed by atoms with Crippen LogP contribution in [0.25, 0.3) is 10.8 Å². The summed E-state index contributed by atoms with van der Waals surface area (Å²) in [6.45, 7) is 6.29. The van der Waals surface area contributed by atoms with Gasteiger partial charge in [-0.1, -0.05) is 42.5 Å². The second-order valence-corrected chi connectivity index (χ2v) is 5.91. The van der Waals surface area contributed by atoms with Crippen LogP contribution < -0.4 is 5.73 Å². The van der Waals surface area contributed by atoms with Crippen molar-refractivity contribution in [2.24, 2.45) is 5.73 Å². The fourth-order valence-electron chi connectivity index (χ4n) is 2.75. The Morgan fingerprint density at radius 3 is 2.48 bits per heavy atom. The number of hydrogen-bond acceptors (Lipinski definition) is 2. The zero-order chi connectivity index (χ0) is 15.0. The molecular formula is C19H20N2. The number of benzene rings is 2. The number of nitrogens with two attached hydrogens (primary N) is 1. The molecule has 0 aliphatic heterocycles. The lowest BCUT2D eigenvalue weighted by atomic mass is 9.83. The zero-order valence-corrected chi connectivity index (χ0v) is 12.7.